The van der Waals surface area contributed by atoms with Crippen molar-refractivity contribution in [3.8, 4) is 17.0 Å². The maximum atomic E-state index is 12.4. The van der Waals surface area contributed by atoms with Gasteiger partial charge in [0.25, 0.3) is 0 Å². The van der Waals surface area contributed by atoms with E-state index in [2.05, 4.69) is 23.6 Å². The van der Waals surface area contributed by atoms with Gasteiger partial charge in [-0.25, -0.2) is 9.79 Å². The van der Waals surface area contributed by atoms with Crippen LogP contribution in [0.3, 0.4) is 0 Å². The Morgan fingerprint density at radius 2 is 1.61 bits per heavy atom. The Balaban J connectivity index is 1.66. The molecule has 1 aromatic heterocycles. The quantitative estimate of drug-likeness (QED) is 0.304. The van der Waals surface area contributed by atoms with Gasteiger partial charge in [-0.1, -0.05) is 36.4 Å². The number of nitrogens with zero attached hydrogens (tertiary/aromatic N) is 2. The van der Waals surface area contributed by atoms with Gasteiger partial charge in [0.1, 0.15) is 12.4 Å². The minimum atomic E-state index is -0.327. The van der Waals surface area contributed by atoms with Crippen molar-refractivity contribution in [1.82, 2.24) is 4.57 Å². The average molecular weight is 459 g/mol. The number of esters is 1. The van der Waals surface area contributed by atoms with E-state index in [1.54, 1.807) is 23.5 Å². The monoisotopic (exact) mass is 458 g/mol. The number of hydrogen-bond acceptors (Lipinski definition) is 5. The number of benzene rings is 3. The summed E-state index contributed by atoms with van der Waals surface area (Å²) < 4.78 is 13.3. The van der Waals surface area contributed by atoms with E-state index < -0.39 is 0 Å². The smallest absolute Gasteiger partial charge is 0.338 e. The first kappa shape index (κ1) is 22.6. The first-order valence-electron chi connectivity index (χ1n) is 10.9. The summed E-state index contributed by atoms with van der Waals surface area (Å²) in [5.41, 5.74) is 3.56. The zero-order valence-corrected chi connectivity index (χ0v) is 19.5. The van der Waals surface area contributed by atoms with Gasteiger partial charge in [0.05, 0.1) is 30.1 Å². The van der Waals surface area contributed by atoms with Crippen LogP contribution >= 0.6 is 11.3 Å². The van der Waals surface area contributed by atoms with Crippen LogP contribution in [0.25, 0.3) is 11.3 Å². The van der Waals surface area contributed by atoms with Crippen LogP contribution in [0.4, 0.5) is 5.69 Å². The summed E-state index contributed by atoms with van der Waals surface area (Å²) in [6.07, 6.45) is 0. The summed E-state index contributed by atoms with van der Waals surface area (Å²) in [5.74, 6) is 0.513. The minimum absolute atomic E-state index is 0.246. The van der Waals surface area contributed by atoms with Crippen molar-refractivity contribution in [2.75, 3.05) is 13.2 Å². The third-order valence-electron chi connectivity index (χ3n) is 5.06. The van der Waals surface area contributed by atoms with Crippen molar-refractivity contribution in [2.45, 2.75) is 20.4 Å². The Bertz CT molecular complexity index is 1260. The van der Waals surface area contributed by atoms with Crippen LogP contribution in [0.2, 0.25) is 0 Å². The summed E-state index contributed by atoms with van der Waals surface area (Å²) in [6.45, 7) is 5.43. The molecule has 0 aliphatic rings. The fourth-order valence-corrected chi connectivity index (χ4v) is 4.59. The van der Waals surface area contributed by atoms with Crippen molar-refractivity contribution < 1.29 is 14.3 Å². The molecule has 0 aliphatic carbocycles. The maximum Gasteiger partial charge on any atom is 0.338 e. The molecule has 0 amide bonds. The topological polar surface area (TPSA) is 52.8 Å². The first-order chi connectivity index (χ1) is 16.2. The number of ether oxygens (including phenoxy) is 2. The minimum Gasteiger partial charge on any atom is -0.494 e. The van der Waals surface area contributed by atoms with Crippen molar-refractivity contribution in [1.29, 1.82) is 0 Å². The summed E-state index contributed by atoms with van der Waals surface area (Å²) in [7, 11) is 0. The Kier molecular flexibility index (Phi) is 7.37. The van der Waals surface area contributed by atoms with Gasteiger partial charge in [-0.3, -0.25) is 0 Å². The molecule has 1 heterocycles. The lowest BCUT2D eigenvalue weighted by atomic mass is 10.1. The lowest BCUT2D eigenvalue weighted by Crippen LogP contribution is -2.20. The molecule has 5 nitrogen and oxygen atoms in total. The van der Waals surface area contributed by atoms with Crippen LogP contribution in [0.1, 0.15) is 22.2 Å². The molecule has 0 spiro atoms. The van der Waals surface area contributed by atoms with Gasteiger partial charge in [-0.15, -0.1) is 11.3 Å². The normalized spacial score (nSPS) is 11.4. The predicted octanol–water partition coefficient (Wildman–Crippen LogP) is 6.01. The second-order valence-electron chi connectivity index (χ2n) is 7.35. The third-order valence-corrected chi connectivity index (χ3v) is 6.05. The third kappa shape index (κ3) is 5.59. The molecule has 3 aromatic carbocycles. The molecule has 6 heteroatoms. The molecule has 0 saturated carbocycles. The summed E-state index contributed by atoms with van der Waals surface area (Å²) >= 11 is 1.62. The van der Waals surface area contributed by atoms with Gasteiger partial charge < -0.3 is 14.0 Å². The Hall–Kier alpha value is -3.64. The molecule has 0 unspecified atom stereocenters. The molecule has 33 heavy (non-hydrogen) atoms. The van der Waals surface area contributed by atoms with Gasteiger partial charge >= 0.3 is 5.97 Å². The predicted molar refractivity (Wildman–Crippen MR) is 132 cm³/mol. The molecule has 0 atom stereocenters. The highest BCUT2D eigenvalue weighted by Crippen LogP contribution is 2.27. The van der Waals surface area contributed by atoms with Crippen LogP contribution in [0.5, 0.6) is 5.75 Å². The molecular formula is C27H26N2O3S. The standard InChI is InChI=1S/C27H26N2O3S/c1-3-31-24-16-14-21(15-17-24)25-20(2)33-27(28-23-12-8-5-9-13-23)29(25)18-19-32-26(30)22-10-6-4-7-11-22/h4-17H,3,18-19H2,1-2H3. The van der Waals surface area contributed by atoms with E-state index in [-0.39, 0.29) is 12.6 Å². The molecule has 0 radical (unpaired) electrons. The van der Waals surface area contributed by atoms with Gasteiger partial charge in [-0.2, -0.15) is 0 Å². The molecule has 0 aliphatic heterocycles. The van der Waals surface area contributed by atoms with E-state index in [4.69, 9.17) is 14.5 Å². The zero-order valence-electron chi connectivity index (χ0n) is 18.7. The number of aryl methyl sites for hydroxylation is 1. The molecule has 0 bridgehead atoms. The molecule has 0 saturated heterocycles. The Morgan fingerprint density at radius 1 is 0.939 bits per heavy atom. The van der Waals surface area contributed by atoms with E-state index >= 15 is 0 Å². The fraction of sp³-hybridized carbons (Fsp3) is 0.185. The van der Waals surface area contributed by atoms with Gasteiger partial charge in [-0.05, 0) is 67.9 Å². The highest BCUT2D eigenvalue weighted by Gasteiger charge is 2.14. The first-order valence-corrected chi connectivity index (χ1v) is 11.7. The number of rotatable bonds is 8. The van der Waals surface area contributed by atoms with E-state index in [1.165, 1.54) is 0 Å². The number of carbonyl (C=O) groups is 1. The van der Waals surface area contributed by atoms with Crippen LogP contribution in [0, 0.1) is 6.92 Å². The van der Waals surface area contributed by atoms with Crippen LogP contribution in [-0.4, -0.2) is 23.8 Å². The van der Waals surface area contributed by atoms with E-state index in [0.717, 1.165) is 32.4 Å². The van der Waals surface area contributed by atoms with Crippen molar-refractivity contribution >= 4 is 23.0 Å². The van der Waals surface area contributed by atoms with E-state index in [1.807, 2.05) is 67.6 Å². The Morgan fingerprint density at radius 3 is 2.27 bits per heavy atom. The van der Waals surface area contributed by atoms with Crippen LogP contribution in [0.15, 0.2) is 89.9 Å². The lowest BCUT2D eigenvalue weighted by molar-refractivity contribution is 0.0491. The van der Waals surface area contributed by atoms with Gasteiger partial charge in [0.2, 0.25) is 0 Å². The lowest BCUT2D eigenvalue weighted by Gasteiger charge is -2.12. The molecular weight excluding hydrogens is 432 g/mol. The largest absolute Gasteiger partial charge is 0.494 e. The van der Waals surface area contributed by atoms with Crippen molar-refractivity contribution in [2.24, 2.45) is 4.99 Å². The summed E-state index contributed by atoms with van der Waals surface area (Å²) in [4.78, 5) is 19.3. The second kappa shape index (κ2) is 10.8. The van der Waals surface area contributed by atoms with Crippen LogP contribution < -0.4 is 9.54 Å². The summed E-state index contributed by atoms with van der Waals surface area (Å²) in [5, 5.41) is 0. The highest BCUT2D eigenvalue weighted by molar-refractivity contribution is 7.09. The molecule has 0 N–H and O–H groups in total. The fourth-order valence-electron chi connectivity index (χ4n) is 3.55. The molecule has 168 valence electrons. The van der Waals surface area contributed by atoms with E-state index in [0.29, 0.717) is 18.7 Å². The summed E-state index contributed by atoms with van der Waals surface area (Å²) in [6, 6.07) is 27.0. The van der Waals surface area contributed by atoms with Gasteiger partial charge in [0, 0.05) is 4.88 Å². The highest BCUT2D eigenvalue weighted by atomic mass is 32.1. The number of para-hydroxylation sites is 1. The number of hydrogen-bond donors (Lipinski definition) is 0. The Labute approximate surface area is 197 Å². The second-order valence-corrected chi connectivity index (χ2v) is 8.53. The number of aromatic nitrogens is 1. The molecule has 4 rings (SSSR count). The van der Waals surface area contributed by atoms with E-state index in [9.17, 15) is 4.79 Å². The van der Waals surface area contributed by atoms with Crippen molar-refractivity contribution in [3.05, 3.63) is 100 Å². The number of carbonyl (C=O) groups excluding carboxylic acids is 1. The SMILES string of the molecule is CCOc1ccc(-c2c(C)sc(=Nc3ccccc3)n2CCOC(=O)c2ccccc2)cc1. The molecule has 4 aromatic rings. The van der Waals surface area contributed by atoms with Crippen LogP contribution in [-0.2, 0) is 11.3 Å². The maximum absolute atomic E-state index is 12.4. The average Bonchev–Trinajstić information content (AvgIpc) is 3.15. The van der Waals surface area contributed by atoms with Gasteiger partial charge in [0.15, 0.2) is 4.80 Å². The molecule has 0 fully saturated rings. The van der Waals surface area contributed by atoms with Crippen molar-refractivity contribution in [3.63, 3.8) is 0 Å². The zero-order chi connectivity index (χ0) is 23.0. The number of thiazole rings is 1.